The van der Waals surface area contributed by atoms with Crippen LogP contribution < -0.4 is 20.7 Å². The summed E-state index contributed by atoms with van der Waals surface area (Å²) in [6.45, 7) is 0. The molecule has 0 saturated heterocycles. The Morgan fingerprint density at radius 3 is 1.44 bits per heavy atom. The molecule has 6 aromatic rings. The third-order valence-corrected chi connectivity index (χ3v) is 12.7. The summed E-state index contributed by atoms with van der Waals surface area (Å²) in [5, 5.41) is 8.45. The van der Waals surface area contributed by atoms with Crippen LogP contribution in [0.1, 0.15) is 0 Å². The molecule has 0 aliphatic rings. The van der Waals surface area contributed by atoms with Gasteiger partial charge in [0.1, 0.15) is 0 Å². The van der Waals surface area contributed by atoms with Crippen molar-refractivity contribution in [3.8, 4) is 0 Å². The lowest BCUT2D eigenvalue weighted by Gasteiger charge is -2.34. The van der Waals surface area contributed by atoms with E-state index in [-0.39, 0.29) is 0 Å². The van der Waals surface area contributed by atoms with Crippen LogP contribution in [0.25, 0.3) is 20.2 Å². The molecule has 0 N–H and O–H groups in total. The second-order valence-corrected chi connectivity index (χ2v) is 13.0. The molecule has 0 amide bonds. The zero-order valence-electron chi connectivity index (χ0n) is 17.6. The first-order chi connectivity index (χ1) is 15.9. The topological polar surface area (TPSA) is 0 Å². The van der Waals surface area contributed by atoms with E-state index in [0.717, 1.165) is 0 Å². The van der Waals surface area contributed by atoms with Gasteiger partial charge >= 0.3 is 0 Å². The smallest absolute Gasteiger partial charge is 0.135 e. The zero-order valence-corrected chi connectivity index (χ0v) is 19.4. The van der Waals surface area contributed by atoms with Crippen LogP contribution >= 0.6 is 11.3 Å². The lowest BCUT2D eigenvalue weighted by Crippen LogP contribution is -2.74. The van der Waals surface area contributed by atoms with Gasteiger partial charge in [-0.15, -0.1) is 11.3 Å². The highest BCUT2D eigenvalue weighted by atomic mass is 32.1. The maximum atomic E-state index is 2.39. The third-order valence-electron chi connectivity index (χ3n) is 6.43. The molecule has 0 saturated carbocycles. The Hall–Kier alpha value is -3.46. The van der Waals surface area contributed by atoms with Crippen molar-refractivity contribution in [1.29, 1.82) is 0 Å². The van der Waals surface area contributed by atoms with Gasteiger partial charge < -0.3 is 0 Å². The van der Waals surface area contributed by atoms with E-state index in [0.29, 0.717) is 0 Å². The molecule has 0 spiro atoms. The summed E-state index contributed by atoms with van der Waals surface area (Å²) >= 11 is 1.93. The van der Waals surface area contributed by atoms with Crippen LogP contribution in [0.15, 0.2) is 133 Å². The number of rotatable bonds is 4. The van der Waals surface area contributed by atoms with E-state index < -0.39 is 8.07 Å². The minimum Gasteiger partial charge on any atom is -0.135 e. The Bertz CT molecular complexity index is 1410. The normalized spacial score (nSPS) is 11.8. The lowest BCUT2D eigenvalue weighted by molar-refractivity contribution is 1.68. The van der Waals surface area contributed by atoms with Crippen molar-refractivity contribution < 1.29 is 0 Å². The summed E-state index contributed by atoms with van der Waals surface area (Å²) < 4.78 is 2.77. The van der Waals surface area contributed by atoms with Crippen LogP contribution in [-0.4, -0.2) is 8.07 Å². The van der Waals surface area contributed by atoms with Crippen molar-refractivity contribution in [3.05, 3.63) is 133 Å². The molecule has 0 nitrogen and oxygen atoms in total. The van der Waals surface area contributed by atoms with Gasteiger partial charge in [-0.05, 0) is 26.8 Å². The molecule has 0 aliphatic carbocycles. The standard InChI is InChI=1S/C30H22SSi/c1-4-13-23(14-5-1)32(24-15-6-2-7-16-24,25-17-8-3-9-18-25)29-22-12-20-27-26-19-10-11-21-28(26)31-30(27)29/h1-22H. The van der Waals surface area contributed by atoms with Gasteiger partial charge in [-0.2, -0.15) is 0 Å². The molecular formula is C30H22SSi. The highest BCUT2D eigenvalue weighted by Crippen LogP contribution is 2.33. The molecule has 6 rings (SSSR count). The van der Waals surface area contributed by atoms with Crippen molar-refractivity contribution in [1.82, 2.24) is 0 Å². The molecule has 0 atom stereocenters. The molecule has 2 heteroatoms. The summed E-state index contributed by atoms with van der Waals surface area (Å²) in [4.78, 5) is 0. The molecule has 5 aromatic carbocycles. The zero-order chi connectivity index (χ0) is 21.4. The molecule has 1 aromatic heterocycles. The van der Waals surface area contributed by atoms with Crippen LogP contribution in [0.3, 0.4) is 0 Å². The first-order valence-electron chi connectivity index (χ1n) is 11.0. The van der Waals surface area contributed by atoms with E-state index >= 15 is 0 Å². The fourth-order valence-electron chi connectivity index (χ4n) is 5.07. The first kappa shape index (κ1) is 19.2. The van der Waals surface area contributed by atoms with Crippen LogP contribution in [0, 0.1) is 0 Å². The minimum atomic E-state index is -2.52. The van der Waals surface area contributed by atoms with E-state index in [4.69, 9.17) is 0 Å². The molecular weight excluding hydrogens is 420 g/mol. The molecule has 0 radical (unpaired) electrons. The second-order valence-electron chi connectivity index (χ2n) is 8.13. The van der Waals surface area contributed by atoms with Gasteiger partial charge in [0.2, 0.25) is 0 Å². The van der Waals surface area contributed by atoms with Gasteiger partial charge in [0.05, 0.1) is 0 Å². The number of hydrogen-bond donors (Lipinski definition) is 0. The fraction of sp³-hybridized carbons (Fsp3) is 0. The van der Waals surface area contributed by atoms with Crippen LogP contribution in [0.4, 0.5) is 0 Å². The Balaban J connectivity index is 1.82. The van der Waals surface area contributed by atoms with Gasteiger partial charge in [0.15, 0.2) is 8.07 Å². The monoisotopic (exact) mass is 442 g/mol. The summed E-state index contributed by atoms with van der Waals surface area (Å²) in [5.74, 6) is 0. The maximum absolute atomic E-state index is 2.52. The highest BCUT2D eigenvalue weighted by molar-refractivity contribution is 7.30. The van der Waals surface area contributed by atoms with Crippen LogP contribution in [0.5, 0.6) is 0 Å². The Labute approximate surface area is 193 Å². The van der Waals surface area contributed by atoms with Crippen molar-refractivity contribution in [2.24, 2.45) is 0 Å². The maximum Gasteiger partial charge on any atom is 0.181 e. The molecule has 0 unspecified atom stereocenters. The van der Waals surface area contributed by atoms with Gasteiger partial charge in [-0.1, -0.05) is 127 Å². The quantitative estimate of drug-likeness (QED) is 0.252. The molecule has 0 bridgehead atoms. The fourth-order valence-corrected chi connectivity index (χ4v) is 11.6. The molecule has 152 valence electrons. The van der Waals surface area contributed by atoms with E-state index in [2.05, 4.69) is 133 Å². The van der Waals surface area contributed by atoms with Crippen LogP contribution in [0.2, 0.25) is 0 Å². The van der Waals surface area contributed by atoms with Crippen molar-refractivity contribution in [2.75, 3.05) is 0 Å². The summed E-state index contributed by atoms with van der Waals surface area (Å²) in [7, 11) is -2.52. The predicted octanol–water partition coefficient (Wildman–Crippen LogP) is 5.43. The SMILES string of the molecule is c1ccc([Si](c2ccccc2)(c2ccccc2)c2cccc3c2sc2ccccc23)cc1. The summed E-state index contributed by atoms with van der Waals surface area (Å²) in [5.41, 5.74) is 0. The number of benzene rings is 5. The van der Waals surface area contributed by atoms with Gasteiger partial charge in [-0.3, -0.25) is 0 Å². The van der Waals surface area contributed by atoms with Gasteiger partial charge in [-0.25, -0.2) is 0 Å². The van der Waals surface area contributed by atoms with E-state index in [9.17, 15) is 0 Å². The van der Waals surface area contributed by atoms with E-state index in [1.165, 1.54) is 40.9 Å². The van der Waals surface area contributed by atoms with Gasteiger partial charge in [0.25, 0.3) is 0 Å². The Kier molecular flexibility index (Phi) is 4.75. The molecule has 32 heavy (non-hydrogen) atoms. The van der Waals surface area contributed by atoms with E-state index in [1.54, 1.807) is 0 Å². The summed E-state index contributed by atoms with van der Waals surface area (Å²) in [6.07, 6.45) is 0. The van der Waals surface area contributed by atoms with Crippen LogP contribution in [-0.2, 0) is 0 Å². The Morgan fingerprint density at radius 2 is 0.875 bits per heavy atom. The Morgan fingerprint density at radius 1 is 0.406 bits per heavy atom. The average Bonchev–Trinajstić information content (AvgIpc) is 3.26. The average molecular weight is 443 g/mol. The first-order valence-corrected chi connectivity index (χ1v) is 13.8. The van der Waals surface area contributed by atoms with Gasteiger partial charge in [0, 0.05) is 20.2 Å². The van der Waals surface area contributed by atoms with Crippen molar-refractivity contribution >= 4 is 60.3 Å². The largest absolute Gasteiger partial charge is 0.181 e. The molecule has 0 aliphatic heterocycles. The van der Waals surface area contributed by atoms with Crippen molar-refractivity contribution in [3.63, 3.8) is 0 Å². The van der Waals surface area contributed by atoms with Crippen molar-refractivity contribution in [2.45, 2.75) is 0 Å². The minimum absolute atomic E-state index is 1.35. The molecule has 0 fully saturated rings. The van der Waals surface area contributed by atoms with E-state index in [1.807, 2.05) is 11.3 Å². The predicted molar refractivity (Wildman–Crippen MR) is 143 cm³/mol. The molecule has 1 heterocycles. The number of thiophene rings is 1. The third kappa shape index (κ3) is 2.88. The highest BCUT2D eigenvalue weighted by Gasteiger charge is 2.42. The number of hydrogen-bond acceptors (Lipinski definition) is 1. The second kappa shape index (κ2) is 7.90. The number of fused-ring (bicyclic) bond motifs is 3. The summed E-state index contributed by atoms with van der Waals surface area (Å²) in [6, 6.07) is 49.2. The lowest BCUT2D eigenvalue weighted by atomic mass is 10.1.